The summed E-state index contributed by atoms with van der Waals surface area (Å²) in [5, 5.41) is 7.92. The molecule has 0 bridgehead atoms. The van der Waals surface area contributed by atoms with Crippen LogP contribution in [0.1, 0.15) is 97.8 Å². The fraction of sp³-hybridized carbons (Fsp3) is 0.808. The van der Waals surface area contributed by atoms with Crippen LogP contribution in [0.25, 0.3) is 0 Å². The summed E-state index contributed by atoms with van der Waals surface area (Å²) in [4.78, 5) is 8.00. The Bertz CT molecular complexity index is 504. The van der Waals surface area contributed by atoms with Crippen molar-refractivity contribution in [3.8, 4) is 0 Å². The van der Waals surface area contributed by atoms with E-state index < -0.39 is 0 Å². The average molecular weight is 504 g/mol. The molecule has 0 aromatic carbocycles. The van der Waals surface area contributed by atoms with Crippen LogP contribution < -0.4 is 0 Å². The normalized spacial score (nSPS) is 15.1. The summed E-state index contributed by atoms with van der Waals surface area (Å²) in [6, 6.07) is 0. The van der Waals surface area contributed by atoms with E-state index in [0.29, 0.717) is 23.2 Å². The predicted molar refractivity (Wildman–Crippen MR) is 152 cm³/mol. The van der Waals surface area contributed by atoms with E-state index in [1.807, 2.05) is 6.79 Å². The molecule has 0 radical (unpaired) electrons. The molecule has 7 heteroatoms. The summed E-state index contributed by atoms with van der Waals surface area (Å²) in [6.45, 7) is 11.0. The van der Waals surface area contributed by atoms with E-state index in [4.69, 9.17) is 19.7 Å². The highest BCUT2D eigenvalue weighted by molar-refractivity contribution is 7.96. The minimum Gasteiger partial charge on any atom is -0.477 e. The van der Waals surface area contributed by atoms with Gasteiger partial charge in [-0.15, -0.1) is 0 Å². The van der Waals surface area contributed by atoms with E-state index in [1.54, 1.807) is 0 Å². The van der Waals surface area contributed by atoms with Crippen molar-refractivity contribution < 1.29 is 14.3 Å². The second kappa shape index (κ2) is 27.5. The molecule has 0 spiro atoms. The van der Waals surface area contributed by atoms with E-state index >= 15 is 0 Å². The lowest BCUT2D eigenvalue weighted by molar-refractivity contribution is -0.0979. The highest BCUT2D eigenvalue weighted by atomic mass is 32.2. The van der Waals surface area contributed by atoms with Crippen molar-refractivity contribution in [1.29, 1.82) is 5.41 Å². The third-order valence-electron chi connectivity index (χ3n) is 5.23. The molecule has 0 saturated carbocycles. The van der Waals surface area contributed by atoms with Gasteiger partial charge in [0.2, 0.25) is 5.90 Å². The van der Waals surface area contributed by atoms with Crippen LogP contribution in [0.15, 0.2) is 16.0 Å². The van der Waals surface area contributed by atoms with Crippen LogP contribution in [0, 0.1) is 5.41 Å². The van der Waals surface area contributed by atoms with Gasteiger partial charge in [-0.2, -0.15) is 0 Å². The van der Waals surface area contributed by atoms with E-state index in [1.165, 1.54) is 64.2 Å². The Morgan fingerprint density at radius 3 is 1.97 bits per heavy atom. The third kappa shape index (κ3) is 21.5. The quantitative estimate of drug-likeness (QED) is 0.0737. The zero-order chi connectivity index (χ0) is 25.2. The second-order valence-corrected chi connectivity index (χ2v) is 10.6. The van der Waals surface area contributed by atoms with Gasteiger partial charge in [0.05, 0.1) is 12.9 Å². The molecule has 1 heterocycles. The summed E-state index contributed by atoms with van der Waals surface area (Å²) in [7, 11) is 0.389. The van der Waals surface area contributed by atoms with E-state index in [0.717, 1.165) is 43.1 Å². The molecule has 0 aromatic rings. The molecule has 194 valence electrons. The van der Waals surface area contributed by atoms with Crippen molar-refractivity contribution in [3.63, 3.8) is 0 Å². The molecule has 0 aliphatic carbocycles. The lowest BCUT2D eigenvalue weighted by Gasteiger charge is -2.09. The highest BCUT2D eigenvalue weighted by Crippen LogP contribution is 2.15. The highest BCUT2D eigenvalue weighted by Gasteiger charge is 2.26. The Morgan fingerprint density at radius 1 is 0.970 bits per heavy atom. The molecule has 5 nitrogen and oxygen atoms in total. The van der Waals surface area contributed by atoms with E-state index in [-0.39, 0.29) is 5.90 Å². The maximum Gasteiger partial charge on any atom is 0.233 e. The molecule has 0 fully saturated rings. The van der Waals surface area contributed by atoms with Crippen molar-refractivity contribution in [3.05, 3.63) is 11.6 Å². The largest absolute Gasteiger partial charge is 0.477 e. The first-order valence-electron chi connectivity index (χ1n) is 12.7. The number of nitrogens with zero attached hydrogens (tertiary/aromatic N) is 1. The van der Waals surface area contributed by atoms with Gasteiger partial charge in [0.15, 0.2) is 0 Å². The smallest absolute Gasteiger partial charge is 0.233 e. The molecule has 0 aromatic heterocycles. The third-order valence-corrected chi connectivity index (χ3v) is 6.97. The first-order valence-corrected chi connectivity index (χ1v) is 15.1. The van der Waals surface area contributed by atoms with Crippen molar-refractivity contribution in [1.82, 2.24) is 0 Å². The van der Waals surface area contributed by atoms with Crippen LogP contribution in [0.5, 0.6) is 0 Å². The summed E-state index contributed by atoms with van der Waals surface area (Å²) in [5.41, 5.74) is 1.74. The van der Waals surface area contributed by atoms with Crippen LogP contribution in [0.4, 0.5) is 0 Å². The van der Waals surface area contributed by atoms with Crippen molar-refractivity contribution in [2.45, 2.75) is 97.8 Å². The predicted octanol–water partition coefficient (Wildman–Crippen LogP) is 7.01. The van der Waals surface area contributed by atoms with Gasteiger partial charge in [-0.05, 0) is 49.6 Å². The van der Waals surface area contributed by atoms with Gasteiger partial charge in [0.25, 0.3) is 0 Å². The first kappa shape index (κ1) is 34.4. The molecule has 0 saturated heterocycles. The van der Waals surface area contributed by atoms with Crippen molar-refractivity contribution in [2.24, 2.45) is 4.40 Å². The zero-order valence-electron chi connectivity index (χ0n) is 21.8. The molecular weight excluding hydrogens is 452 g/mol. The number of nitrogens with one attached hydrogen (secondary N) is 1. The number of ether oxygens (including phenoxy) is 2. The maximum absolute atomic E-state index is 8.00. The van der Waals surface area contributed by atoms with Gasteiger partial charge in [-0.1, -0.05) is 78.1 Å². The van der Waals surface area contributed by atoms with Crippen molar-refractivity contribution in [2.75, 3.05) is 37.6 Å². The van der Waals surface area contributed by atoms with Crippen LogP contribution in [-0.2, 0) is 25.2 Å². The molecule has 0 amide bonds. The summed E-state index contributed by atoms with van der Waals surface area (Å²) >= 11 is 3.97. The van der Waals surface area contributed by atoms with Gasteiger partial charge in [-0.3, -0.25) is 5.41 Å². The number of carbonyl (C=O) groups is 1. The fourth-order valence-electron chi connectivity index (χ4n) is 3.30. The Kier molecular flexibility index (Phi) is 28.6. The topological polar surface area (TPSA) is 71.7 Å². The van der Waals surface area contributed by atoms with Crippen LogP contribution >= 0.6 is 12.8 Å². The molecule has 1 rings (SSSR count). The molecule has 1 atom stereocenters. The van der Waals surface area contributed by atoms with Crippen LogP contribution in [0.3, 0.4) is 0 Å². The van der Waals surface area contributed by atoms with Gasteiger partial charge >= 0.3 is 0 Å². The van der Waals surface area contributed by atoms with Crippen LogP contribution in [0.2, 0.25) is 0 Å². The second-order valence-electron chi connectivity index (χ2n) is 8.18. The Balaban J connectivity index is 0. The molecular formula is C26H51N2O3S2+. The average Bonchev–Trinajstić information content (AvgIpc) is 3.26. The summed E-state index contributed by atoms with van der Waals surface area (Å²) in [5.74, 6) is 2.26. The molecule has 1 aliphatic rings. The SMILES string of the molecule is C=O.CCCCCCCCCCOCC.CCCCCCOC(=N)/C(=N\S)C1=CC[S+](C)C1. The molecule has 1 aliphatic heterocycles. The van der Waals surface area contributed by atoms with E-state index in [2.05, 4.69) is 50.3 Å². The van der Waals surface area contributed by atoms with Crippen LogP contribution in [-0.4, -0.2) is 56.0 Å². The Labute approximate surface area is 213 Å². The van der Waals surface area contributed by atoms with Gasteiger partial charge in [0.1, 0.15) is 24.0 Å². The van der Waals surface area contributed by atoms with Gasteiger partial charge in [-0.25, -0.2) is 4.40 Å². The molecule has 33 heavy (non-hydrogen) atoms. The standard InChI is InChI=1S/C13H22N2OS2.C12H26O.CH2O/c1-3-4-5-6-8-16-13(14)12(15-17)11-7-9-18(2)10-11;1-3-5-6-7-8-9-10-11-12-13-4-2;1-2/h7,14H,3-6,8-10H2,1-2H3;3-12H2,1-2H3;1H2/p+1/b14-13?,15-12-;;. The first-order chi connectivity index (χ1) is 16.1. The molecule has 1 N–H and O–H groups in total. The summed E-state index contributed by atoms with van der Waals surface area (Å²) < 4.78 is 14.7. The van der Waals surface area contributed by atoms with Gasteiger partial charge in [0, 0.05) is 18.8 Å². The number of carbonyl (C=O) groups excluding carboxylic acids is 1. The minimum atomic E-state index is 0.173. The van der Waals surface area contributed by atoms with Gasteiger partial charge < -0.3 is 14.3 Å². The fourth-order valence-corrected chi connectivity index (χ4v) is 4.91. The number of rotatable bonds is 17. The zero-order valence-corrected chi connectivity index (χ0v) is 23.5. The number of unbranched alkanes of at least 4 members (excludes halogenated alkanes) is 10. The lowest BCUT2D eigenvalue weighted by atomic mass is 10.1. The Hall–Kier alpha value is -0.790. The number of hydrogen-bond acceptors (Lipinski definition) is 6. The van der Waals surface area contributed by atoms with Crippen molar-refractivity contribution >= 4 is 42.1 Å². The lowest BCUT2D eigenvalue weighted by Crippen LogP contribution is -2.21. The molecule has 1 unspecified atom stereocenters. The number of hydrogen-bond donors (Lipinski definition) is 2. The number of thiol groups is 1. The monoisotopic (exact) mass is 503 g/mol. The Morgan fingerprint density at radius 2 is 1.48 bits per heavy atom. The van der Waals surface area contributed by atoms with E-state index in [9.17, 15) is 0 Å². The summed E-state index contributed by atoms with van der Waals surface area (Å²) in [6.07, 6.45) is 20.1. The maximum atomic E-state index is 8.00. The minimum absolute atomic E-state index is 0.173.